The molecule has 0 radical (unpaired) electrons. The SMILES string of the molecule is COc1cc(C)c2[nH]ccc2c1CN1CCCCC1.N#CCNc1cccc(C(=O)O)c1. The lowest BCUT2D eigenvalue weighted by molar-refractivity contribution is 0.0697. The van der Waals surface area contributed by atoms with Gasteiger partial charge >= 0.3 is 5.97 Å². The van der Waals surface area contributed by atoms with Crippen molar-refractivity contribution < 1.29 is 14.6 Å². The third-order valence-corrected chi connectivity index (χ3v) is 5.64. The first-order valence-electron chi connectivity index (χ1n) is 10.8. The Morgan fingerprint density at radius 3 is 2.72 bits per heavy atom. The first kappa shape index (κ1) is 23.2. The molecule has 1 aromatic heterocycles. The minimum absolute atomic E-state index is 0.170. The third-order valence-electron chi connectivity index (χ3n) is 5.64. The van der Waals surface area contributed by atoms with Crippen LogP contribution in [0.15, 0.2) is 42.6 Å². The second kappa shape index (κ2) is 11.2. The predicted octanol–water partition coefficient (Wildman–Crippen LogP) is 4.79. The van der Waals surface area contributed by atoms with E-state index in [1.54, 1.807) is 19.2 Å². The number of aromatic amines is 1. The maximum atomic E-state index is 10.5. The second-order valence-electron chi connectivity index (χ2n) is 7.88. The van der Waals surface area contributed by atoms with Crippen LogP contribution in [0.3, 0.4) is 0 Å². The van der Waals surface area contributed by atoms with Crippen LogP contribution in [0.25, 0.3) is 10.9 Å². The van der Waals surface area contributed by atoms with Crippen molar-refractivity contribution in [3.05, 3.63) is 59.3 Å². The molecule has 4 rings (SSSR count). The van der Waals surface area contributed by atoms with E-state index in [9.17, 15) is 4.79 Å². The van der Waals surface area contributed by atoms with Crippen molar-refractivity contribution in [3.63, 3.8) is 0 Å². The number of carboxylic acids is 1. The van der Waals surface area contributed by atoms with Crippen molar-refractivity contribution in [2.24, 2.45) is 0 Å². The van der Waals surface area contributed by atoms with E-state index in [1.807, 2.05) is 12.3 Å². The standard InChI is InChI=1S/C16H22N2O.C9H8N2O2/c1-12-10-15(19-2)14(13-6-7-17-16(12)13)11-18-8-4-3-5-9-18;10-4-5-11-8-3-1-2-7(6-8)9(12)13/h6-7,10,17H,3-5,8-9,11H2,1-2H3;1-3,6,11H,5H2,(H,12,13). The largest absolute Gasteiger partial charge is 0.496 e. The first-order chi connectivity index (χ1) is 15.5. The highest BCUT2D eigenvalue weighted by Gasteiger charge is 2.17. The van der Waals surface area contributed by atoms with Crippen molar-refractivity contribution in [2.75, 3.05) is 32.1 Å². The fourth-order valence-corrected chi connectivity index (χ4v) is 4.03. The number of carbonyl (C=O) groups is 1. The Bertz CT molecular complexity index is 1090. The summed E-state index contributed by atoms with van der Waals surface area (Å²) in [5.74, 6) is 0.0516. The van der Waals surface area contributed by atoms with Crippen molar-refractivity contribution in [1.82, 2.24) is 9.88 Å². The lowest BCUT2D eigenvalue weighted by Gasteiger charge is -2.27. The molecule has 1 fully saturated rings. The number of benzene rings is 2. The number of rotatable bonds is 6. The molecule has 0 unspecified atom stereocenters. The quantitative estimate of drug-likeness (QED) is 0.482. The maximum Gasteiger partial charge on any atom is 0.335 e. The van der Waals surface area contributed by atoms with Crippen LogP contribution in [0.5, 0.6) is 5.75 Å². The molecule has 1 aliphatic rings. The number of piperidine rings is 1. The highest BCUT2D eigenvalue weighted by Crippen LogP contribution is 2.32. The first-order valence-corrected chi connectivity index (χ1v) is 10.8. The number of fused-ring (bicyclic) bond motifs is 1. The molecule has 0 amide bonds. The highest BCUT2D eigenvalue weighted by molar-refractivity contribution is 5.89. The van der Waals surface area contributed by atoms with Gasteiger partial charge in [0.1, 0.15) is 12.3 Å². The van der Waals surface area contributed by atoms with Crippen LogP contribution in [-0.4, -0.2) is 47.7 Å². The zero-order valence-electron chi connectivity index (χ0n) is 18.6. The van der Waals surface area contributed by atoms with Crippen LogP contribution in [0.1, 0.15) is 40.7 Å². The van der Waals surface area contributed by atoms with E-state index >= 15 is 0 Å². The second-order valence-corrected chi connectivity index (χ2v) is 7.88. The molecule has 0 saturated carbocycles. The molecule has 168 valence electrons. The molecule has 0 spiro atoms. The number of hydrogen-bond donors (Lipinski definition) is 3. The van der Waals surface area contributed by atoms with Crippen LogP contribution in [0, 0.1) is 18.3 Å². The Balaban J connectivity index is 0.000000195. The van der Waals surface area contributed by atoms with Gasteiger partial charge in [0.05, 0.1) is 18.7 Å². The van der Waals surface area contributed by atoms with Crippen LogP contribution in [0.4, 0.5) is 5.69 Å². The Kier molecular flexibility index (Phi) is 8.12. The van der Waals surface area contributed by atoms with E-state index in [1.165, 1.54) is 66.5 Å². The van der Waals surface area contributed by atoms with Gasteiger partial charge in [0.2, 0.25) is 0 Å². The number of methoxy groups -OCH3 is 1. The van der Waals surface area contributed by atoms with Crippen LogP contribution in [0.2, 0.25) is 0 Å². The van der Waals surface area contributed by atoms with Crippen molar-refractivity contribution in [1.29, 1.82) is 5.26 Å². The number of nitrogens with zero attached hydrogens (tertiary/aromatic N) is 2. The van der Waals surface area contributed by atoms with E-state index in [2.05, 4.69) is 34.3 Å². The molecule has 3 aromatic rings. The van der Waals surface area contributed by atoms with Gasteiger partial charge < -0.3 is 20.1 Å². The van der Waals surface area contributed by atoms with Gasteiger partial charge in [0, 0.05) is 34.9 Å². The van der Waals surface area contributed by atoms with Crippen molar-refractivity contribution in [2.45, 2.75) is 32.7 Å². The number of ether oxygens (including phenoxy) is 1. The summed E-state index contributed by atoms with van der Waals surface area (Å²) in [6.45, 7) is 5.72. The van der Waals surface area contributed by atoms with E-state index in [0.717, 1.165) is 12.3 Å². The summed E-state index contributed by atoms with van der Waals surface area (Å²) in [5, 5.41) is 21.0. The van der Waals surface area contributed by atoms with Crippen molar-refractivity contribution in [3.8, 4) is 11.8 Å². The van der Waals surface area contributed by atoms with Gasteiger partial charge in [-0.2, -0.15) is 5.26 Å². The van der Waals surface area contributed by atoms with Crippen LogP contribution < -0.4 is 10.1 Å². The number of likely N-dealkylation sites (tertiary alicyclic amines) is 1. The van der Waals surface area contributed by atoms with E-state index in [-0.39, 0.29) is 12.1 Å². The molecule has 32 heavy (non-hydrogen) atoms. The molecule has 0 aliphatic carbocycles. The van der Waals surface area contributed by atoms with E-state index < -0.39 is 5.97 Å². The molecule has 3 N–H and O–H groups in total. The zero-order valence-corrected chi connectivity index (χ0v) is 18.6. The number of aryl methyl sites for hydroxylation is 1. The number of anilines is 1. The normalized spacial score (nSPS) is 13.7. The Labute approximate surface area is 188 Å². The summed E-state index contributed by atoms with van der Waals surface area (Å²) >= 11 is 0. The van der Waals surface area contributed by atoms with Gasteiger partial charge in [-0.25, -0.2) is 4.79 Å². The van der Waals surface area contributed by atoms with Gasteiger partial charge in [-0.3, -0.25) is 4.90 Å². The highest BCUT2D eigenvalue weighted by atomic mass is 16.5. The fourth-order valence-electron chi connectivity index (χ4n) is 4.03. The number of hydrogen-bond acceptors (Lipinski definition) is 5. The molecule has 7 nitrogen and oxygen atoms in total. The van der Waals surface area contributed by atoms with Gasteiger partial charge in [0.15, 0.2) is 0 Å². The van der Waals surface area contributed by atoms with Gasteiger partial charge in [-0.15, -0.1) is 0 Å². The minimum atomic E-state index is -0.972. The van der Waals surface area contributed by atoms with E-state index in [0.29, 0.717) is 5.69 Å². The number of carboxylic acid groups (broad SMARTS) is 1. The Morgan fingerprint density at radius 1 is 1.25 bits per heavy atom. The summed E-state index contributed by atoms with van der Waals surface area (Å²) < 4.78 is 5.60. The van der Waals surface area contributed by atoms with Gasteiger partial charge in [0.25, 0.3) is 0 Å². The average molecular weight is 435 g/mol. The molecule has 1 saturated heterocycles. The molecule has 2 heterocycles. The molecule has 1 aliphatic heterocycles. The number of H-pyrrole nitrogens is 1. The summed E-state index contributed by atoms with van der Waals surface area (Å²) in [5.41, 5.74) is 4.67. The van der Waals surface area contributed by atoms with Crippen LogP contribution in [-0.2, 0) is 6.54 Å². The molecule has 0 bridgehead atoms. The van der Waals surface area contributed by atoms with Gasteiger partial charge in [-0.1, -0.05) is 12.5 Å². The maximum absolute atomic E-state index is 10.5. The average Bonchev–Trinajstić information content (AvgIpc) is 3.31. The number of aromatic carboxylic acids is 1. The third kappa shape index (κ3) is 5.80. The fraction of sp³-hybridized carbons (Fsp3) is 0.360. The summed E-state index contributed by atoms with van der Waals surface area (Å²) in [6, 6.07) is 12.6. The van der Waals surface area contributed by atoms with E-state index in [4.69, 9.17) is 15.1 Å². The van der Waals surface area contributed by atoms with Gasteiger partial charge in [-0.05, 0) is 68.8 Å². The smallest absolute Gasteiger partial charge is 0.335 e. The minimum Gasteiger partial charge on any atom is -0.496 e. The summed E-state index contributed by atoms with van der Waals surface area (Å²) in [4.78, 5) is 16.4. The number of nitriles is 1. The Hall–Kier alpha value is -3.50. The lowest BCUT2D eigenvalue weighted by Crippen LogP contribution is -2.29. The zero-order chi connectivity index (χ0) is 22.9. The molecule has 2 aromatic carbocycles. The monoisotopic (exact) mass is 434 g/mol. The predicted molar refractivity (Wildman–Crippen MR) is 126 cm³/mol. The molecule has 7 heteroatoms. The summed E-state index contributed by atoms with van der Waals surface area (Å²) in [6.07, 6.45) is 6.05. The molecule has 0 atom stereocenters. The Morgan fingerprint density at radius 2 is 2.03 bits per heavy atom. The number of nitrogens with one attached hydrogen (secondary N) is 2. The summed E-state index contributed by atoms with van der Waals surface area (Å²) in [7, 11) is 1.77. The molecular weight excluding hydrogens is 404 g/mol. The van der Waals surface area contributed by atoms with Crippen molar-refractivity contribution >= 4 is 22.6 Å². The molecular formula is C25H30N4O3. The number of aromatic nitrogens is 1. The van der Waals surface area contributed by atoms with Crippen LogP contribution >= 0.6 is 0 Å². The topological polar surface area (TPSA) is 101 Å². The lowest BCUT2D eigenvalue weighted by atomic mass is 10.0.